The number of hydrogen-bond donors (Lipinski definition) is 1. The monoisotopic (exact) mass is 242 g/mol. The van der Waals surface area contributed by atoms with Gasteiger partial charge in [0.25, 0.3) is 0 Å². The van der Waals surface area contributed by atoms with Gasteiger partial charge in [-0.2, -0.15) is 0 Å². The minimum atomic E-state index is -3.18. The van der Waals surface area contributed by atoms with E-state index in [9.17, 15) is 8.42 Å². The molecule has 0 saturated heterocycles. The molecule has 0 aromatic heterocycles. The molecule has 0 radical (unpaired) electrons. The van der Waals surface area contributed by atoms with Crippen LogP contribution in [0.3, 0.4) is 0 Å². The largest absolute Gasteiger partial charge is 0.393 e. The summed E-state index contributed by atoms with van der Waals surface area (Å²) in [5.41, 5.74) is 1.04. The van der Waals surface area contributed by atoms with Crippen molar-refractivity contribution >= 4 is 9.84 Å². The van der Waals surface area contributed by atoms with Crippen molar-refractivity contribution in [3.05, 3.63) is 29.8 Å². The van der Waals surface area contributed by atoms with Crippen molar-refractivity contribution in [2.24, 2.45) is 0 Å². The molecule has 0 spiro atoms. The SMILES string of the molecule is Cc1ccc(S(=O)(=O)CCCC(C)O)cc1. The number of benzene rings is 1. The van der Waals surface area contributed by atoms with E-state index in [0.717, 1.165) is 5.56 Å². The highest BCUT2D eigenvalue weighted by atomic mass is 32.2. The van der Waals surface area contributed by atoms with Gasteiger partial charge in [-0.05, 0) is 38.8 Å². The summed E-state index contributed by atoms with van der Waals surface area (Å²) in [6, 6.07) is 6.85. The summed E-state index contributed by atoms with van der Waals surface area (Å²) in [5.74, 6) is 0.0982. The first kappa shape index (κ1) is 13.2. The Hall–Kier alpha value is -0.870. The van der Waals surface area contributed by atoms with Crippen molar-refractivity contribution in [1.82, 2.24) is 0 Å². The van der Waals surface area contributed by atoms with Gasteiger partial charge in [-0.1, -0.05) is 17.7 Å². The molecule has 1 rings (SSSR count). The molecule has 4 heteroatoms. The second kappa shape index (κ2) is 5.46. The number of sulfone groups is 1. The maximum absolute atomic E-state index is 11.8. The van der Waals surface area contributed by atoms with Crippen LogP contribution in [0.25, 0.3) is 0 Å². The molecule has 1 unspecified atom stereocenters. The lowest BCUT2D eigenvalue weighted by Gasteiger charge is -2.06. The van der Waals surface area contributed by atoms with E-state index in [1.807, 2.05) is 6.92 Å². The van der Waals surface area contributed by atoms with Crippen molar-refractivity contribution in [3.63, 3.8) is 0 Å². The molecule has 90 valence electrons. The Morgan fingerprint density at radius 2 is 1.81 bits per heavy atom. The molecule has 1 aromatic rings. The minimum Gasteiger partial charge on any atom is -0.393 e. The summed E-state index contributed by atoms with van der Waals surface area (Å²) in [5, 5.41) is 9.06. The van der Waals surface area contributed by atoms with Gasteiger partial charge in [0.1, 0.15) is 0 Å². The maximum atomic E-state index is 11.8. The summed E-state index contributed by atoms with van der Waals surface area (Å²) in [6.07, 6.45) is 0.576. The molecule has 16 heavy (non-hydrogen) atoms. The van der Waals surface area contributed by atoms with E-state index >= 15 is 0 Å². The van der Waals surface area contributed by atoms with Crippen LogP contribution in [0, 0.1) is 6.92 Å². The van der Waals surface area contributed by atoms with E-state index in [4.69, 9.17) is 5.11 Å². The third-order valence-electron chi connectivity index (χ3n) is 2.42. The van der Waals surface area contributed by atoms with Crippen molar-refractivity contribution in [2.45, 2.75) is 37.7 Å². The molecule has 0 saturated carbocycles. The van der Waals surface area contributed by atoms with E-state index < -0.39 is 15.9 Å². The van der Waals surface area contributed by atoms with Crippen LogP contribution in [0.4, 0.5) is 0 Å². The molecule has 0 amide bonds. The van der Waals surface area contributed by atoms with Crippen LogP contribution in [0.15, 0.2) is 29.2 Å². The lowest BCUT2D eigenvalue weighted by atomic mass is 10.2. The van der Waals surface area contributed by atoms with Gasteiger partial charge < -0.3 is 5.11 Å². The Morgan fingerprint density at radius 1 is 1.25 bits per heavy atom. The van der Waals surface area contributed by atoms with Gasteiger partial charge in [0.15, 0.2) is 9.84 Å². The molecule has 0 aliphatic rings. The molecule has 0 aliphatic heterocycles. The van der Waals surface area contributed by atoms with Crippen LogP contribution in [-0.2, 0) is 9.84 Å². The fourth-order valence-electron chi connectivity index (χ4n) is 1.43. The zero-order valence-electron chi connectivity index (χ0n) is 9.68. The van der Waals surface area contributed by atoms with E-state index in [2.05, 4.69) is 0 Å². The fourth-order valence-corrected chi connectivity index (χ4v) is 2.77. The van der Waals surface area contributed by atoms with Gasteiger partial charge >= 0.3 is 0 Å². The first-order valence-electron chi connectivity index (χ1n) is 5.39. The fraction of sp³-hybridized carbons (Fsp3) is 0.500. The van der Waals surface area contributed by atoms with Gasteiger partial charge in [0.2, 0.25) is 0 Å². The molecule has 0 heterocycles. The van der Waals surface area contributed by atoms with E-state index in [1.54, 1.807) is 31.2 Å². The van der Waals surface area contributed by atoms with Crippen molar-refractivity contribution in [1.29, 1.82) is 0 Å². The zero-order valence-corrected chi connectivity index (χ0v) is 10.5. The first-order chi connectivity index (χ1) is 7.42. The highest BCUT2D eigenvalue weighted by Gasteiger charge is 2.13. The van der Waals surface area contributed by atoms with Gasteiger partial charge in [-0.3, -0.25) is 0 Å². The molecule has 0 bridgehead atoms. The zero-order chi connectivity index (χ0) is 12.2. The number of aryl methyl sites for hydroxylation is 1. The summed E-state index contributed by atoms with van der Waals surface area (Å²) >= 11 is 0. The molecular weight excluding hydrogens is 224 g/mol. The number of aliphatic hydroxyl groups excluding tert-OH is 1. The average molecular weight is 242 g/mol. The summed E-state index contributed by atoms with van der Waals surface area (Å²) in [6.45, 7) is 3.59. The number of aliphatic hydroxyl groups is 1. The second-order valence-electron chi connectivity index (χ2n) is 4.12. The summed E-state index contributed by atoms with van der Waals surface area (Å²) < 4.78 is 23.7. The van der Waals surface area contributed by atoms with Crippen molar-refractivity contribution < 1.29 is 13.5 Å². The molecule has 3 nitrogen and oxygen atoms in total. The van der Waals surface area contributed by atoms with Crippen molar-refractivity contribution in [2.75, 3.05) is 5.75 Å². The lowest BCUT2D eigenvalue weighted by molar-refractivity contribution is 0.184. The van der Waals surface area contributed by atoms with Crippen LogP contribution in [0.5, 0.6) is 0 Å². The number of rotatable bonds is 5. The Kier molecular flexibility index (Phi) is 4.50. The van der Waals surface area contributed by atoms with E-state index in [0.29, 0.717) is 17.7 Å². The number of hydrogen-bond acceptors (Lipinski definition) is 3. The molecule has 0 fully saturated rings. The Bertz CT molecular complexity index is 418. The maximum Gasteiger partial charge on any atom is 0.178 e. The van der Waals surface area contributed by atoms with E-state index in [-0.39, 0.29) is 5.75 Å². The Balaban J connectivity index is 2.67. The summed E-state index contributed by atoms with van der Waals surface area (Å²) in [7, 11) is -3.18. The van der Waals surface area contributed by atoms with Gasteiger partial charge in [0.05, 0.1) is 16.8 Å². The van der Waals surface area contributed by atoms with Gasteiger partial charge in [0, 0.05) is 0 Å². The van der Waals surface area contributed by atoms with Gasteiger partial charge in [-0.15, -0.1) is 0 Å². The van der Waals surface area contributed by atoms with Crippen LogP contribution in [0.2, 0.25) is 0 Å². The topological polar surface area (TPSA) is 54.4 Å². The highest BCUT2D eigenvalue weighted by Crippen LogP contribution is 2.14. The quantitative estimate of drug-likeness (QED) is 0.858. The van der Waals surface area contributed by atoms with Crippen LogP contribution in [0.1, 0.15) is 25.3 Å². The van der Waals surface area contributed by atoms with Crippen LogP contribution in [-0.4, -0.2) is 25.4 Å². The standard InChI is InChI=1S/C12H18O3S/c1-10-5-7-12(8-6-10)16(14,15)9-3-4-11(2)13/h5-8,11,13H,3-4,9H2,1-2H3. The normalized spacial score (nSPS) is 13.7. The van der Waals surface area contributed by atoms with E-state index in [1.165, 1.54) is 0 Å². The van der Waals surface area contributed by atoms with Crippen LogP contribution < -0.4 is 0 Å². The summed E-state index contributed by atoms with van der Waals surface area (Å²) in [4.78, 5) is 0.365. The van der Waals surface area contributed by atoms with Gasteiger partial charge in [-0.25, -0.2) is 8.42 Å². The second-order valence-corrected chi connectivity index (χ2v) is 6.23. The predicted molar refractivity (Wildman–Crippen MR) is 64.1 cm³/mol. The average Bonchev–Trinajstić information content (AvgIpc) is 2.17. The Labute approximate surface area is 97.0 Å². The first-order valence-corrected chi connectivity index (χ1v) is 7.04. The lowest BCUT2D eigenvalue weighted by Crippen LogP contribution is -2.09. The van der Waals surface area contributed by atoms with Crippen LogP contribution >= 0.6 is 0 Å². The molecule has 1 atom stereocenters. The molecule has 1 N–H and O–H groups in total. The Morgan fingerprint density at radius 3 is 2.31 bits per heavy atom. The highest BCUT2D eigenvalue weighted by molar-refractivity contribution is 7.91. The molecule has 0 aliphatic carbocycles. The van der Waals surface area contributed by atoms with Crippen molar-refractivity contribution in [3.8, 4) is 0 Å². The minimum absolute atomic E-state index is 0.0982. The predicted octanol–water partition coefficient (Wildman–Crippen LogP) is 1.93. The third-order valence-corrected chi connectivity index (χ3v) is 4.23. The third kappa shape index (κ3) is 3.94. The smallest absolute Gasteiger partial charge is 0.178 e. The molecular formula is C12H18O3S. The molecule has 1 aromatic carbocycles.